The van der Waals surface area contributed by atoms with Crippen LogP contribution in [-0.2, 0) is 16.1 Å². The minimum atomic E-state index is -0.585. The predicted molar refractivity (Wildman–Crippen MR) is 77.6 cm³/mol. The number of esters is 1. The van der Waals surface area contributed by atoms with E-state index in [0.717, 1.165) is 0 Å². The number of carbonyl (C=O) groups excluding carboxylic acids is 1. The van der Waals surface area contributed by atoms with Crippen molar-refractivity contribution in [3.8, 4) is 5.75 Å². The van der Waals surface area contributed by atoms with Crippen LogP contribution in [0.2, 0.25) is 5.02 Å². The monoisotopic (exact) mass is 309 g/mol. The van der Waals surface area contributed by atoms with E-state index in [2.05, 4.69) is 0 Å². The third kappa shape index (κ3) is 4.36. The fraction of sp³-hybridized carbons (Fsp3) is 0.133. The van der Waals surface area contributed by atoms with Gasteiger partial charge in [0.05, 0.1) is 5.02 Å². The van der Waals surface area contributed by atoms with Gasteiger partial charge in [-0.3, -0.25) is 0 Å². The Hall–Kier alpha value is -2.27. The largest absolute Gasteiger partial charge is 0.482 e. The summed E-state index contributed by atoms with van der Waals surface area (Å²) in [6.45, 7) is -0.383. The van der Waals surface area contributed by atoms with Crippen molar-refractivity contribution in [1.29, 1.82) is 0 Å². The van der Waals surface area contributed by atoms with Crippen molar-refractivity contribution >= 4 is 23.3 Å². The van der Waals surface area contributed by atoms with Crippen LogP contribution in [0.25, 0.3) is 0 Å². The van der Waals surface area contributed by atoms with Crippen molar-refractivity contribution in [1.82, 2.24) is 0 Å². The topological polar surface area (TPSA) is 61.5 Å². The lowest BCUT2D eigenvalue weighted by Crippen LogP contribution is -2.15. The second-order valence-corrected chi connectivity index (χ2v) is 4.61. The number of nitrogens with two attached hydrogens (primary N) is 1. The Balaban J connectivity index is 1.84. The molecule has 0 spiro atoms. The second kappa shape index (κ2) is 6.95. The summed E-state index contributed by atoms with van der Waals surface area (Å²) in [5.41, 5.74) is 6.52. The number of carbonyl (C=O) groups is 1. The predicted octanol–water partition coefficient (Wildman–Crippen LogP) is 3.18. The molecule has 2 rings (SSSR count). The first-order valence-electron chi connectivity index (χ1n) is 6.13. The molecule has 110 valence electrons. The highest BCUT2D eigenvalue weighted by molar-refractivity contribution is 6.31. The summed E-state index contributed by atoms with van der Waals surface area (Å²) in [4.78, 5) is 11.6. The van der Waals surface area contributed by atoms with Crippen molar-refractivity contribution < 1.29 is 18.7 Å². The maximum Gasteiger partial charge on any atom is 0.344 e. The van der Waals surface area contributed by atoms with E-state index in [-0.39, 0.29) is 18.2 Å². The number of hydrogen-bond donors (Lipinski definition) is 1. The molecule has 2 aromatic carbocycles. The quantitative estimate of drug-likeness (QED) is 0.680. The highest BCUT2D eigenvalue weighted by Gasteiger charge is 2.09. The number of anilines is 1. The van der Waals surface area contributed by atoms with Gasteiger partial charge in [0, 0.05) is 17.3 Å². The Kier molecular flexibility index (Phi) is 5.00. The van der Waals surface area contributed by atoms with Crippen LogP contribution in [0, 0.1) is 5.82 Å². The van der Waals surface area contributed by atoms with E-state index >= 15 is 0 Å². The van der Waals surface area contributed by atoms with Crippen LogP contribution < -0.4 is 10.5 Å². The molecule has 0 atom stereocenters. The lowest BCUT2D eigenvalue weighted by atomic mass is 10.2. The summed E-state index contributed by atoms with van der Waals surface area (Å²) in [5.74, 6) is -0.672. The molecule has 4 nitrogen and oxygen atoms in total. The SMILES string of the molecule is Nc1cccc(OCC(=O)OCc2cccc(F)c2Cl)c1. The summed E-state index contributed by atoms with van der Waals surface area (Å²) in [7, 11) is 0. The van der Waals surface area contributed by atoms with E-state index in [9.17, 15) is 9.18 Å². The average molecular weight is 310 g/mol. The summed E-state index contributed by atoms with van der Waals surface area (Å²) in [6, 6.07) is 11.0. The average Bonchev–Trinajstić information content (AvgIpc) is 2.47. The molecule has 2 aromatic rings. The van der Waals surface area contributed by atoms with Crippen LogP contribution in [0.4, 0.5) is 10.1 Å². The van der Waals surface area contributed by atoms with Gasteiger partial charge >= 0.3 is 5.97 Å². The van der Waals surface area contributed by atoms with E-state index in [0.29, 0.717) is 17.0 Å². The highest BCUT2D eigenvalue weighted by Crippen LogP contribution is 2.20. The number of rotatable bonds is 5. The molecule has 0 aliphatic rings. The van der Waals surface area contributed by atoms with Crippen LogP contribution in [0.3, 0.4) is 0 Å². The first-order chi connectivity index (χ1) is 10.1. The number of halogens is 2. The van der Waals surface area contributed by atoms with Gasteiger partial charge in [0.2, 0.25) is 0 Å². The van der Waals surface area contributed by atoms with Crippen LogP contribution in [0.15, 0.2) is 42.5 Å². The zero-order chi connectivity index (χ0) is 15.2. The van der Waals surface area contributed by atoms with Gasteiger partial charge in [0.25, 0.3) is 0 Å². The van der Waals surface area contributed by atoms with Gasteiger partial charge in [0.15, 0.2) is 6.61 Å². The van der Waals surface area contributed by atoms with E-state index < -0.39 is 11.8 Å². The van der Waals surface area contributed by atoms with Crippen molar-refractivity contribution in [2.24, 2.45) is 0 Å². The summed E-state index contributed by atoms with van der Waals surface area (Å²) in [6.07, 6.45) is 0. The lowest BCUT2D eigenvalue weighted by molar-refractivity contribution is -0.147. The third-order valence-electron chi connectivity index (χ3n) is 2.64. The van der Waals surface area contributed by atoms with Crippen molar-refractivity contribution in [3.05, 3.63) is 58.9 Å². The van der Waals surface area contributed by atoms with E-state index in [1.54, 1.807) is 30.3 Å². The van der Waals surface area contributed by atoms with E-state index in [4.69, 9.17) is 26.8 Å². The van der Waals surface area contributed by atoms with Crippen LogP contribution in [-0.4, -0.2) is 12.6 Å². The van der Waals surface area contributed by atoms with Gasteiger partial charge in [-0.05, 0) is 18.2 Å². The van der Waals surface area contributed by atoms with Crippen molar-refractivity contribution in [3.63, 3.8) is 0 Å². The standard InChI is InChI=1S/C15H13ClFNO3/c16-15-10(3-1-6-13(15)17)8-21-14(19)9-20-12-5-2-4-11(18)7-12/h1-7H,8-9,18H2. The number of benzene rings is 2. The maximum absolute atomic E-state index is 13.2. The Morgan fingerprint density at radius 2 is 2.00 bits per heavy atom. The second-order valence-electron chi connectivity index (χ2n) is 4.23. The molecule has 0 unspecified atom stereocenters. The normalized spacial score (nSPS) is 10.2. The van der Waals surface area contributed by atoms with Crippen molar-refractivity contribution in [2.45, 2.75) is 6.61 Å². The van der Waals surface area contributed by atoms with Gasteiger partial charge in [0.1, 0.15) is 18.2 Å². The minimum Gasteiger partial charge on any atom is -0.482 e. The summed E-state index contributed by atoms with van der Waals surface area (Å²) in [5, 5.41) is -0.0537. The molecule has 0 fully saturated rings. The molecule has 0 radical (unpaired) electrons. The highest BCUT2D eigenvalue weighted by atomic mass is 35.5. The number of ether oxygens (including phenoxy) is 2. The molecule has 0 aromatic heterocycles. The molecule has 21 heavy (non-hydrogen) atoms. The van der Waals surface area contributed by atoms with Gasteiger partial charge in [-0.2, -0.15) is 0 Å². The van der Waals surface area contributed by atoms with Crippen LogP contribution >= 0.6 is 11.6 Å². The summed E-state index contributed by atoms with van der Waals surface area (Å²) < 4.78 is 23.4. The Bertz CT molecular complexity index is 649. The number of hydrogen-bond acceptors (Lipinski definition) is 4. The minimum absolute atomic E-state index is 0.0537. The smallest absolute Gasteiger partial charge is 0.344 e. The molecular formula is C15H13ClFNO3. The lowest BCUT2D eigenvalue weighted by Gasteiger charge is -2.08. The van der Waals surface area contributed by atoms with Gasteiger partial charge in [-0.25, -0.2) is 9.18 Å². The molecule has 0 aliphatic heterocycles. The Morgan fingerprint density at radius 1 is 1.24 bits per heavy atom. The third-order valence-corrected chi connectivity index (χ3v) is 3.06. The molecule has 0 amide bonds. The first kappa shape index (κ1) is 15.1. The fourth-order valence-electron chi connectivity index (χ4n) is 1.61. The first-order valence-corrected chi connectivity index (χ1v) is 6.51. The van der Waals surface area contributed by atoms with Crippen LogP contribution in [0.1, 0.15) is 5.56 Å². The fourth-order valence-corrected chi connectivity index (χ4v) is 1.79. The number of nitrogen functional groups attached to an aromatic ring is 1. The Labute approximate surface area is 126 Å². The molecule has 0 saturated heterocycles. The van der Waals surface area contributed by atoms with Crippen molar-refractivity contribution in [2.75, 3.05) is 12.3 Å². The summed E-state index contributed by atoms with van der Waals surface area (Å²) >= 11 is 5.76. The molecule has 0 aliphatic carbocycles. The molecule has 6 heteroatoms. The van der Waals surface area contributed by atoms with Crippen LogP contribution in [0.5, 0.6) is 5.75 Å². The molecule has 0 saturated carbocycles. The molecular weight excluding hydrogens is 297 g/mol. The van der Waals surface area contributed by atoms with E-state index in [1.807, 2.05) is 0 Å². The molecule has 0 bridgehead atoms. The molecule has 2 N–H and O–H groups in total. The molecule has 0 heterocycles. The van der Waals surface area contributed by atoms with Gasteiger partial charge < -0.3 is 15.2 Å². The van der Waals surface area contributed by atoms with Gasteiger partial charge in [-0.15, -0.1) is 0 Å². The van der Waals surface area contributed by atoms with E-state index in [1.165, 1.54) is 12.1 Å². The zero-order valence-corrected chi connectivity index (χ0v) is 11.8. The maximum atomic E-state index is 13.2. The zero-order valence-electron chi connectivity index (χ0n) is 11.0. The Morgan fingerprint density at radius 3 is 2.76 bits per heavy atom. The van der Waals surface area contributed by atoms with Gasteiger partial charge in [-0.1, -0.05) is 29.8 Å².